The number of carbonyl (C=O) groups is 1. The Bertz CT molecular complexity index is 379. The Morgan fingerprint density at radius 2 is 1.88 bits per heavy atom. The summed E-state index contributed by atoms with van der Waals surface area (Å²) >= 11 is 0. The molecule has 0 aliphatic rings. The zero-order valence-corrected chi connectivity index (χ0v) is 10.9. The minimum Gasteiger partial charge on any atom is -0.496 e. The highest BCUT2D eigenvalue weighted by Gasteiger charge is 2.06. The summed E-state index contributed by atoms with van der Waals surface area (Å²) in [6.07, 6.45) is 0. The highest BCUT2D eigenvalue weighted by molar-refractivity contribution is 5.77. The fraction of sp³-hybridized carbons (Fsp3) is 0.462. The van der Waals surface area contributed by atoms with Crippen LogP contribution in [0.2, 0.25) is 0 Å². The topological polar surface area (TPSA) is 50.4 Å². The van der Waals surface area contributed by atoms with E-state index in [9.17, 15) is 4.79 Å². The predicted octanol–water partition coefficient (Wildman–Crippen LogP) is 1.15. The number of methoxy groups -OCH3 is 1. The lowest BCUT2D eigenvalue weighted by Crippen LogP contribution is -2.31. The number of ether oxygens (including phenoxy) is 1. The van der Waals surface area contributed by atoms with Crippen LogP contribution >= 0.6 is 0 Å². The van der Waals surface area contributed by atoms with Gasteiger partial charge in [-0.3, -0.25) is 4.79 Å². The number of carbonyl (C=O) groups excluding carboxylic acids is 1. The molecule has 94 valence electrons. The van der Waals surface area contributed by atoms with Crippen molar-refractivity contribution in [2.24, 2.45) is 0 Å². The van der Waals surface area contributed by atoms with Crippen molar-refractivity contribution >= 4 is 5.91 Å². The molecule has 0 fully saturated rings. The molecule has 17 heavy (non-hydrogen) atoms. The monoisotopic (exact) mass is 236 g/mol. The van der Waals surface area contributed by atoms with Crippen molar-refractivity contribution in [3.63, 3.8) is 0 Å². The van der Waals surface area contributed by atoms with Gasteiger partial charge in [0.2, 0.25) is 5.91 Å². The summed E-state index contributed by atoms with van der Waals surface area (Å²) in [5.41, 5.74) is 3.26. The molecular weight excluding hydrogens is 216 g/mol. The molecule has 0 unspecified atom stereocenters. The molecule has 1 amide bonds. The van der Waals surface area contributed by atoms with Crippen molar-refractivity contribution in [1.82, 2.24) is 10.6 Å². The molecule has 2 N–H and O–H groups in total. The molecule has 0 aromatic heterocycles. The summed E-state index contributed by atoms with van der Waals surface area (Å²) in [6, 6.07) is 4.07. The first-order chi connectivity index (χ1) is 8.08. The molecule has 4 nitrogen and oxygen atoms in total. The minimum atomic E-state index is -0.00127. The summed E-state index contributed by atoms with van der Waals surface area (Å²) in [4.78, 5) is 11.3. The molecule has 0 heterocycles. The Labute approximate surface area is 102 Å². The van der Waals surface area contributed by atoms with E-state index in [1.54, 1.807) is 14.2 Å². The van der Waals surface area contributed by atoms with E-state index in [0.29, 0.717) is 13.1 Å². The maximum absolute atomic E-state index is 11.3. The number of hydrogen-bond donors (Lipinski definition) is 2. The first kappa shape index (κ1) is 13.5. The lowest BCUT2D eigenvalue weighted by atomic mass is 10.1. The smallest absolute Gasteiger partial charge is 0.234 e. The second kappa shape index (κ2) is 6.25. The molecule has 0 saturated heterocycles. The van der Waals surface area contributed by atoms with Gasteiger partial charge in [0.15, 0.2) is 0 Å². The molecule has 1 aromatic carbocycles. The maximum atomic E-state index is 11.3. The SMILES string of the molecule is CNCC(=O)NCc1cc(C)c(OC)c(C)c1. The summed E-state index contributed by atoms with van der Waals surface area (Å²) < 4.78 is 5.30. The number of rotatable bonds is 5. The van der Waals surface area contributed by atoms with Crippen LogP contribution in [0.1, 0.15) is 16.7 Å². The number of hydrogen-bond acceptors (Lipinski definition) is 3. The Balaban J connectivity index is 2.70. The van der Waals surface area contributed by atoms with Gasteiger partial charge in [0.25, 0.3) is 0 Å². The van der Waals surface area contributed by atoms with Crippen LogP contribution in [0.3, 0.4) is 0 Å². The standard InChI is InChI=1S/C13H20N2O2/c1-9-5-11(6-10(2)13(9)17-4)7-15-12(16)8-14-3/h5-6,14H,7-8H2,1-4H3,(H,15,16). The Kier molecular flexibility index (Phi) is 4.97. The van der Waals surface area contributed by atoms with Crippen LogP contribution in [-0.2, 0) is 11.3 Å². The highest BCUT2D eigenvalue weighted by Crippen LogP contribution is 2.24. The normalized spacial score (nSPS) is 10.1. The minimum absolute atomic E-state index is 0.00127. The third-order valence-corrected chi connectivity index (χ3v) is 2.55. The van der Waals surface area contributed by atoms with E-state index < -0.39 is 0 Å². The molecule has 1 rings (SSSR count). The molecule has 0 radical (unpaired) electrons. The lowest BCUT2D eigenvalue weighted by Gasteiger charge is -2.12. The van der Waals surface area contributed by atoms with Crippen LogP contribution in [-0.4, -0.2) is 26.6 Å². The maximum Gasteiger partial charge on any atom is 0.234 e. The fourth-order valence-corrected chi connectivity index (χ4v) is 1.89. The van der Waals surface area contributed by atoms with Crippen LogP contribution in [0, 0.1) is 13.8 Å². The lowest BCUT2D eigenvalue weighted by molar-refractivity contribution is -0.120. The molecule has 0 aliphatic heterocycles. The molecule has 0 aliphatic carbocycles. The van der Waals surface area contributed by atoms with Crippen LogP contribution < -0.4 is 15.4 Å². The van der Waals surface area contributed by atoms with E-state index in [1.807, 2.05) is 26.0 Å². The molecule has 0 bridgehead atoms. The molecule has 1 aromatic rings. The van der Waals surface area contributed by atoms with Crippen molar-refractivity contribution in [2.45, 2.75) is 20.4 Å². The number of benzene rings is 1. The number of aryl methyl sites for hydroxylation is 2. The van der Waals surface area contributed by atoms with Gasteiger partial charge in [-0.15, -0.1) is 0 Å². The first-order valence-corrected chi connectivity index (χ1v) is 5.64. The second-order valence-corrected chi connectivity index (χ2v) is 4.07. The van der Waals surface area contributed by atoms with Crippen molar-refractivity contribution in [3.8, 4) is 5.75 Å². The van der Waals surface area contributed by atoms with Crippen LogP contribution in [0.25, 0.3) is 0 Å². The van der Waals surface area contributed by atoms with Gasteiger partial charge in [-0.25, -0.2) is 0 Å². The van der Waals surface area contributed by atoms with Gasteiger partial charge in [-0.1, -0.05) is 12.1 Å². The zero-order chi connectivity index (χ0) is 12.8. The van der Waals surface area contributed by atoms with E-state index in [0.717, 1.165) is 22.4 Å². The highest BCUT2D eigenvalue weighted by atomic mass is 16.5. The van der Waals surface area contributed by atoms with E-state index in [2.05, 4.69) is 10.6 Å². The Morgan fingerprint density at radius 1 is 1.29 bits per heavy atom. The largest absolute Gasteiger partial charge is 0.496 e. The van der Waals surface area contributed by atoms with Crippen molar-refractivity contribution < 1.29 is 9.53 Å². The van der Waals surface area contributed by atoms with Crippen LogP contribution in [0.5, 0.6) is 5.75 Å². The molecule has 0 atom stereocenters. The molecular formula is C13H20N2O2. The van der Waals surface area contributed by atoms with Crippen molar-refractivity contribution in [3.05, 3.63) is 28.8 Å². The van der Waals surface area contributed by atoms with Crippen LogP contribution in [0.15, 0.2) is 12.1 Å². The van der Waals surface area contributed by atoms with E-state index >= 15 is 0 Å². The quantitative estimate of drug-likeness (QED) is 0.806. The molecule has 0 saturated carbocycles. The van der Waals surface area contributed by atoms with Gasteiger partial charge in [0.1, 0.15) is 5.75 Å². The second-order valence-electron chi connectivity index (χ2n) is 4.07. The summed E-state index contributed by atoms with van der Waals surface area (Å²) in [5.74, 6) is 0.911. The third kappa shape index (κ3) is 3.75. The predicted molar refractivity (Wildman–Crippen MR) is 68.2 cm³/mol. The average Bonchev–Trinajstić information content (AvgIpc) is 2.26. The van der Waals surface area contributed by atoms with Crippen molar-refractivity contribution in [2.75, 3.05) is 20.7 Å². The fourth-order valence-electron chi connectivity index (χ4n) is 1.89. The van der Waals surface area contributed by atoms with Gasteiger partial charge in [-0.2, -0.15) is 0 Å². The van der Waals surface area contributed by atoms with Gasteiger partial charge in [0, 0.05) is 6.54 Å². The van der Waals surface area contributed by atoms with Gasteiger partial charge < -0.3 is 15.4 Å². The van der Waals surface area contributed by atoms with E-state index in [4.69, 9.17) is 4.74 Å². The van der Waals surface area contributed by atoms with Crippen LogP contribution in [0.4, 0.5) is 0 Å². The summed E-state index contributed by atoms with van der Waals surface area (Å²) in [7, 11) is 3.42. The van der Waals surface area contributed by atoms with Gasteiger partial charge in [0.05, 0.1) is 13.7 Å². The van der Waals surface area contributed by atoms with Crippen molar-refractivity contribution in [1.29, 1.82) is 0 Å². The zero-order valence-electron chi connectivity index (χ0n) is 10.9. The molecule has 0 spiro atoms. The van der Waals surface area contributed by atoms with E-state index in [1.165, 1.54) is 0 Å². The average molecular weight is 236 g/mol. The van der Waals surface area contributed by atoms with E-state index in [-0.39, 0.29) is 5.91 Å². The van der Waals surface area contributed by atoms with Gasteiger partial charge >= 0.3 is 0 Å². The first-order valence-electron chi connectivity index (χ1n) is 5.64. The Morgan fingerprint density at radius 3 is 2.35 bits per heavy atom. The summed E-state index contributed by atoms with van der Waals surface area (Å²) in [5, 5.41) is 5.66. The summed E-state index contributed by atoms with van der Waals surface area (Å²) in [6.45, 7) is 4.90. The Hall–Kier alpha value is -1.55. The van der Waals surface area contributed by atoms with Gasteiger partial charge in [-0.05, 0) is 37.6 Å². The number of likely N-dealkylation sites (N-methyl/N-ethyl adjacent to an activating group) is 1. The third-order valence-electron chi connectivity index (χ3n) is 2.55. The number of nitrogens with one attached hydrogen (secondary N) is 2. The number of amides is 1. The molecule has 4 heteroatoms.